The lowest BCUT2D eigenvalue weighted by atomic mass is 9.81. The molecule has 2 aliphatic heterocycles. The van der Waals surface area contributed by atoms with Crippen molar-refractivity contribution in [3.63, 3.8) is 0 Å². The molecule has 162 valence electrons. The first-order valence-corrected chi connectivity index (χ1v) is 10.2. The number of hydrogen-bond donors (Lipinski definition) is 2. The summed E-state index contributed by atoms with van der Waals surface area (Å²) in [7, 11) is 5.60. The third-order valence-electron chi connectivity index (χ3n) is 5.97. The smallest absolute Gasteiger partial charge is 0.290 e. The summed E-state index contributed by atoms with van der Waals surface area (Å²) in [5.74, 6) is -2.05. The lowest BCUT2D eigenvalue weighted by Gasteiger charge is -2.35. The van der Waals surface area contributed by atoms with E-state index in [2.05, 4.69) is 0 Å². The molecule has 3 heterocycles. The molecule has 2 aromatic rings. The van der Waals surface area contributed by atoms with Gasteiger partial charge in [-0.15, -0.1) is 0 Å². The van der Waals surface area contributed by atoms with Gasteiger partial charge < -0.3 is 24.2 Å². The van der Waals surface area contributed by atoms with E-state index in [0.717, 1.165) is 6.54 Å². The standard InChI is InChI=1S/C23H25N3O5/c1-14-10-11-17(31-14)19(27)18-20(28)21(29)26(13-7-12-24(2)3)23(18)15-8-5-6-9-16(15)25(4)22(23)30/h5-6,8-11,28H,7,12-13H2,1-4H3/p+1/t23-/m0/s1. The Balaban J connectivity index is 1.92. The number of quaternary nitrogens is 1. The van der Waals surface area contributed by atoms with Gasteiger partial charge >= 0.3 is 0 Å². The van der Waals surface area contributed by atoms with Crippen molar-refractivity contribution >= 4 is 23.3 Å². The Morgan fingerprint density at radius 2 is 1.87 bits per heavy atom. The van der Waals surface area contributed by atoms with Gasteiger partial charge in [0, 0.05) is 31.3 Å². The Morgan fingerprint density at radius 1 is 1.16 bits per heavy atom. The van der Waals surface area contributed by atoms with Crippen molar-refractivity contribution in [1.82, 2.24) is 4.90 Å². The average molecular weight is 424 g/mol. The summed E-state index contributed by atoms with van der Waals surface area (Å²) in [6, 6.07) is 10.2. The van der Waals surface area contributed by atoms with E-state index in [1.807, 2.05) is 14.1 Å². The van der Waals surface area contributed by atoms with E-state index in [1.54, 1.807) is 44.3 Å². The maximum absolute atomic E-state index is 13.7. The second kappa shape index (κ2) is 7.39. The summed E-state index contributed by atoms with van der Waals surface area (Å²) >= 11 is 0. The van der Waals surface area contributed by atoms with Crippen molar-refractivity contribution in [1.29, 1.82) is 0 Å². The van der Waals surface area contributed by atoms with E-state index in [1.165, 1.54) is 20.8 Å². The number of carbonyl (C=O) groups is 3. The quantitative estimate of drug-likeness (QED) is 0.670. The number of nitrogens with zero attached hydrogens (tertiary/aromatic N) is 2. The molecule has 8 nitrogen and oxygen atoms in total. The van der Waals surface area contributed by atoms with Crippen LogP contribution in [0, 0.1) is 6.92 Å². The molecule has 0 aliphatic carbocycles. The predicted molar refractivity (Wildman–Crippen MR) is 113 cm³/mol. The molecule has 1 spiro atoms. The summed E-state index contributed by atoms with van der Waals surface area (Å²) in [6.07, 6.45) is 0.601. The van der Waals surface area contributed by atoms with Crippen molar-refractivity contribution < 1.29 is 28.8 Å². The van der Waals surface area contributed by atoms with E-state index in [9.17, 15) is 19.5 Å². The van der Waals surface area contributed by atoms with Crippen LogP contribution in [-0.4, -0.2) is 61.8 Å². The van der Waals surface area contributed by atoms with Crippen LogP contribution in [0.25, 0.3) is 0 Å². The number of hydrogen-bond acceptors (Lipinski definition) is 5. The highest BCUT2D eigenvalue weighted by molar-refractivity contribution is 6.25. The Hall–Kier alpha value is -3.39. The van der Waals surface area contributed by atoms with E-state index in [4.69, 9.17) is 4.42 Å². The highest BCUT2D eigenvalue weighted by Crippen LogP contribution is 2.52. The molecule has 2 amide bonds. The second-order valence-electron chi connectivity index (χ2n) is 8.32. The van der Waals surface area contributed by atoms with Crippen molar-refractivity contribution in [2.24, 2.45) is 0 Å². The molecule has 0 radical (unpaired) electrons. The Morgan fingerprint density at radius 3 is 2.52 bits per heavy atom. The Bertz CT molecular complexity index is 1120. The van der Waals surface area contributed by atoms with Gasteiger partial charge in [0.2, 0.25) is 5.78 Å². The molecule has 4 rings (SSSR count). The van der Waals surface area contributed by atoms with Gasteiger partial charge in [0.15, 0.2) is 17.1 Å². The van der Waals surface area contributed by atoms with Gasteiger partial charge in [0.05, 0.1) is 26.2 Å². The van der Waals surface area contributed by atoms with Crippen LogP contribution < -0.4 is 9.80 Å². The number of nitrogens with one attached hydrogen (secondary N) is 1. The molecular weight excluding hydrogens is 398 g/mol. The molecule has 0 bridgehead atoms. The highest BCUT2D eigenvalue weighted by Gasteiger charge is 2.65. The first kappa shape index (κ1) is 20.9. The topological polar surface area (TPSA) is 95.5 Å². The van der Waals surface area contributed by atoms with Gasteiger partial charge in [0.1, 0.15) is 5.76 Å². The lowest BCUT2D eigenvalue weighted by molar-refractivity contribution is -0.858. The number of likely N-dealkylation sites (N-methyl/N-ethyl adjacent to an activating group) is 1. The summed E-state index contributed by atoms with van der Waals surface area (Å²) in [5, 5.41) is 10.9. The van der Waals surface area contributed by atoms with Crippen molar-refractivity contribution in [2.75, 3.05) is 39.1 Å². The van der Waals surface area contributed by atoms with Crippen LogP contribution in [0.1, 0.15) is 28.3 Å². The van der Waals surface area contributed by atoms with Crippen molar-refractivity contribution in [3.8, 4) is 0 Å². The van der Waals surface area contributed by atoms with E-state index >= 15 is 0 Å². The minimum absolute atomic E-state index is 0.0226. The number of amides is 2. The zero-order valence-corrected chi connectivity index (χ0v) is 18.1. The van der Waals surface area contributed by atoms with Gasteiger partial charge in [-0.25, -0.2) is 0 Å². The molecule has 0 saturated heterocycles. The van der Waals surface area contributed by atoms with Crippen LogP contribution in [0.3, 0.4) is 0 Å². The van der Waals surface area contributed by atoms with Crippen LogP contribution in [0.5, 0.6) is 0 Å². The summed E-state index contributed by atoms with van der Waals surface area (Å²) < 4.78 is 5.49. The number of aryl methyl sites for hydroxylation is 1. The number of aliphatic hydroxyl groups is 1. The molecular formula is C23H26N3O5+. The number of anilines is 1. The number of rotatable bonds is 6. The largest absolute Gasteiger partial charge is 0.503 e. The molecule has 1 aromatic heterocycles. The minimum Gasteiger partial charge on any atom is -0.503 e. The number of furan rings is 1. The SMILES string of the molecule is Cc1ccc(C(=O)C2=C(O)C(=O)N(CCC[NH+](C)C)[C@]23C(=O)N(C)c2ccccc23)o1. The second-order valence-corrected chi connectivity index (χ2v) is 8.32. The number of ketones is 1. The van der Waals surface area contributed by atoms with Gasteiger partial charge in [0.25, 0.3) is 11.8 Å². The van der Waals surface area contributed by atoms with Gasteiger partial charge in [-0.1, -0.05) is 18.2 Å². The van der Waals surface area contributed by atoms with Crippen LogP contribution in [0.2, 0.25) is 0 Å². The summed E-state index contributed by atoms with van der Waals surface area (Å²) in [4.78, 5) is 44.4. The molecule has 0 fully saturated rings. The Labute approximate surface area is 180 Å². The van der Waals surface area contributed by atoms with Crippen LogP contribution in [0.15, 0.2) is 52.1 Å². The van der Waals surface area contributed by atoms with Crippen LogP contribution in [0.4, 0.5) is 5.69 Å². The zero-order valence-electron chi connectivity index (χ0n) is 18.1. The minimum atomic E-state index is -1.72. The van der Waals surface area contributed by atoms with Crippen molar-refractivity contribution in [2.45, 2.75) is 18.9 Å². The number of aliphatic hydroxyl groups excluding tert-OH is 1. The number of fused-ring (bicyclic) bond motifs is 2. The monoisotopic (exact) mass is 424 g/mol. The predicted octanol–water partition coefficient (Wildman–Crippen LogP) is 0.832. The average Bonchev–Trinajstić information content (AvgIpc) is 3.33. The fraction of sp³-hybridized carbons (Fsp3) is 0.348. The van der Waals surface area contributed by atoms with E-state index < -0.39 is 28.9 Å². The third-order valence-corrected chi connectivity index (χ3v) is 5.97. The van der Waals surface area contributed by atoms with Gasteiger partial charge in [-0.2, -0.15) is 0 Å². The lowest BCUT2D eigenvalue weighted by Crippen LogP contribution is -3.05. The Kier molecular flexibility index (Phi) is 4.97. The van der Waals surface area contributed by atoms with Crippen LogP contribution >= 0.6 is 0 Å². The number of para-hydroxylation sites is 1. The van der Waals surface area contributed by atoms with Crippen LogP contribution in [-0.2, 0) is 15.1 Å². The fourth-order valence-corrected chi connectivity index (χ4v) is 4.55. The third kappa shape index (κ3) is 2.90. The molecule has 31 heavy (non-hydrogen) atoms. The number of carbonyl (C=O) groups excluding carboxylic acids is 3. The fourth-order valence-electron chi connectivity index (χ4n) is 4.55. The first-order valence-electron chi connectivity index (χ1n) is 10.2. The molecule has 8 heteroatoms. The van der Waals surface area contributed by atoms with E-state index in [0.29, 0.717) is 23.4 Å². The summed E-state index contributed by atoms with van der Waals surface area (Å²) in [5.41, 5.74) is -0.861. The summed E-state index contributed by atoms with van der Waals surface area (Å²) in [6.45, 7) is 2.67. The highest BCUT2D eigenvalue weighted by atomic mass is 16.3. The molecule has 0 unspecified atom stereocenters. The first-order chi connectivity index (χ1) is 14.7. The van der Waals surface area contributed by atoms with Crippen molar-refractivity contribution in [3.05, 3.63) is 64.8 Å². The maximum atomic E-state index is 13.7. The molecule has 1 atom stereocenters. The molecule has 2 N–H and O–H groups in total. The normalized spacial score (nSPS) is 20.5. The van der Waals surface area contributed by atoms with Gasteiger partial charge in [-0.3, -0.25) is 14.4 Å². The van der Waals surface area contributed by atoms with E-state index in [-0.39, 0.29) is 17.9 Å². The van der Waals surface area contributed by atoms with Gasteiger partial charge in [-0.05, 0) is 25.1 Å². The maximum Gasteiger partial charge on any atom is 0.290 e. The zero-order chi connectivity index (χ0) is 22.5. The molecule has 2 aliphatic rings. The molecule has 0 saturated carbocycles. The molecule has 1 aromatic carbocycles. The number of Topliss-reactive ketones (excluding diaryl/α,β-unsaturated/α-hetero) is 1. The number of benzene rings is 1.